The van der Waals surface area contributed by atoms with Crippen molar-refractivity contribution in [3.05, 3.63) is 59.7 Å². The summed E-state index contributed by atoms with van der Waals surface area (Å²) in [5, 5.41) is 9.40. The molecule has 0 amide bonds. The number of hydrogen-bond donors (Lipinski definition) is 1. The second-order valence-corrected chi connectivity index (χ2v) is 4.42. The van der Waals surface area contributed by atoms with Crippen LogP contribution in [0.5, 0.6) is 0 Å². The third-order valence-corrected chi connectivity index (χ3v) is 3.03. The number of aliphatic hydroxyl groups excluding tert-OH is 1. The smallest absolute Gasteiger partial charge is 0.147 e. The zero-order valence-electron chi connectivity index (χ0n) is 10.8. The van der Waals surface area contributed by atoms with Gasteiger partial charge < -0.3 is 10.0 Å². The van der Waals surface area contributed by atoms with E-state index in [1.165, 1.54) is 18.2 Å². The lowest BCUT2D eigenvalue weighted by Crippen LogP contribution is -2.11. The maximum atomic E-state index is 14.0. The Kier molecular flexibility index (Phi) is 3.81. The van der Waals surface area contributed by atoms with Crippen LogP contribution < -0.4 is 4.90 Å². The van der Waals surface area contributed by atoms with Gasteiger partial charge >= 0.3 is 0 Å². The van der Waals surface area contributed by atoms with E-state index in [2.05, 4.69) is 0 Å². The van der Waals surface area contributed by atoms with E-state index in [-0.39, 0.29) is 5.82 Å². The highest BCUT2D eigenvalue weighted by Crippen LogP contribution is 2.28. The molecule has 1 unspecified atom stereocenters. The average Bonchev–Trinajstić information content (AvgIpc) is 2.38. The summed E-state index contributed by atoms with van der Waals surface area (Å²) in [4.78, 5) is 1.63. The molecule has 0 saturated carbocycles. The summed E-state index contributed by atoms with van der Waals surface area (Å²) in [6.07, 6.45) is -0.709. The molecule has 0 aromatic heterocycles. The van der Waals surface area contributed by atoms with Gasteiger partial charge in [0.2, 0.25) is 0 Å². The zero-order valence-corrected chi connectivity index (χ0v) is 10.8. The first-order chi connectivity index (χ1) is 8.99. The van der Waals surface area contributed by atoms with Crippen LogP contribution in [0.1, 0.15) is 18.6 Å². The Morgan fingerprint density at radius 1 is 1.05 bits per heavy atom. The molecule has 2 nitrogen and oxygen atoms in total. The van der Waals surface area contributed by atoms with E-state index >= 15 is 0 Å². The standard InChI is InChI=1S/C15H15F2NO/c1-10(19)11-3-8-15(14(17)9-11)18(2)13-6-4-12(16)5-7-13/h3-10,19H,1-2H3. The fourth-order valence-corrected chi connectivity index (χ4v) is 1.86. The Hall–Kier alpha value is -1.94. The molecule has 0 heterocycles. The maximum Gasteiger partial charge on any atom is 0.147 e. The molecule has 0 aliphatic rings. The van der Waals surface area contributed by atoms with E-state index in [4.69, 9.17) is 0 Å². The molecule has 0 aliphatic carbocycles. The van der Waals surface area contributed by atoms with Crippen molar-refractivity contribution in [2.75, 3.05) is 11.9 Å². The van der Waals surface area contributed by atoms with Gasteiger partial charge in [0.05, 0.1) is 11.8 Å². The van der Waals surface area contributed by atoms with Crippen LogP contribution in [0.3, 0.4) is 0 Å². The molecule has 4 heteroatoms. The van der Waals surface area contributed by atoms with Gasteiger partial charge in [-0.15, -0.1) is 0 Å². The molecular formula is C15H15F2NO. The highest BCUT2D eigenvalue weighted by molar-refractivity contribution is 5.63. The number of hydrogen-bond acceptors (Lipinski definition) is 2. The van der Waals surface area contributed by atoms with Crippen LogP contribution in [-0.2, 0) is 0 Å². The number of nitrogens with zero attached hydrogens (tertiary/aromatic N) is 1. The Morgan fingerprint density at radius 3 is 2.21 bits per heavy atom. The van der Waals surface area contributed by atoms with Crippen LogP contribution in [0.2, 0.25) is 0 Å². The van der Waals surface area contributed by atoms with E-state index in [1.807, 2.05) is 0 Å². The topological polar surface area (TPSA) is 23.5 Å². The summed E-state index contributed by atoms with van der Waals surface area (Å²) in [5.41, 5.74) is 1.58. The molecule has 19 heavy (non-hydrogen) atoms. The number of rotatable bonds is 3. The minimum Gasteiger partial charge on any atom is -0.389 e. The van der Waals surface area contributed by atoms with Gasteiger partial charge in [-0.1, -0.05) is 6.07 Å². The van der Waals surface area contributed by atoms with Gasteiger partial charge in [0.1, 0.15) is 11.6 Å². The monoisotopic (exact) mass is 263 g/mol. The fraction of sp³-hybridized carbons (Fsp3) is 0.200. The Balaban J connectivity index is 2.33. The molecule has 1 atom stereocenters. The Bertz CT molecular complexity index is 567. The molecule has 2 aromatic carbocycles. The number of aliphatic hydroxyl groups is 1. The van der Waals surface area contributed by atoms with Gasteiger partial charge in [-0.2, -0.15) is 0 Å². The van der Waals surface area contributed by atoms with Gasteiger partial charge in [0.15, 0.2) is 0 Å². The van der Waals surface area contributed by atoms with Crippen LogP contribution in [0.4, 0.5) is 20.2 Å². The molecule has 2 rings (SSSR count). The van der Waals surface area contributed by atoms with Gasteiger partial charge in [-0.3, -0.25) is 0 Å². The minimum atomic E-state index is -0.709. The molecule has 0 saturated heterocycles. The zero-order chi connectivity index (χ0) is 14.0. The molecular weight excluding hydrogens is 248 g/mol. The first-order valence-corrected chi connectivity index (χ1v) is 5.96. The highest BCUT2D eigenvalue weighted by Gasteiger charge is 2.11. The van der Waals surface area contributed by atoms with Crippen molar-refractivity contribution in [3.8, 4) is 0 Å². The Morgan fingerprint density at radius 2 is 1.68 bits per heavy atom. The molecule has 0 fully saturated rings. The van der Waals surface area contributed by atoms with Crippen LogP contribution in [0.15, 0.2) is 42.5 Å². The Labute approximate surface area is 110 Å². The third-order valence-electron chi connectivity index (χ3n) is 3.03. The minimum absolute atomic E-state index is 0.331. The van der Waals surface area contributed by atoms with Gasteiger partial charge in [-0.05, 0) is 48.9 Å². The average molecular weight is 263 g/mol. The lowest BCUT2D eigenvalue weighted by atomic mass is 10.1. The fourth-order valence-electron chi connectivity index (χ4n) is 1.86. The van der Waals surface area contributed by atoms with E-state index in [0.29, 0.717) is 16.9 Å². The van der Waals surface area contributed by atoms with E-state index in [1.54, 1.807) is 43.1 Å². The van der Waals surface area contributed by atoms with E-state index in [9.17, 15) is 13.9 Å². The van der Waals surface area contributed by atoms with Crippen molar-refractivity contribution in [2.24, 2.45) is 0 Å². The molecule has 0 bridgehead atoms. The summed E-state index contributed by atoms with van der Waals surface area (Å²) in [7, 11) is 1.70. The summed E-state index contributed by atoms with van der Waals surface area (Å²) >= 11 is 0. The van der Waals surface area contributed by atoms with Crippen molar-refractivity contribution >= 4 is 11.4 Å². The van der Waals surface area contributed by atoms with Crippen LogP contribution >= 0.6 is 0 Å². The third kappa shape index (κ3) is 2.90. The lowest BCUT2D eigenvalue weighted by Gasteiger charge is -2.21. The number of anilines is 2. The second kappa shape index (κ2) is 5.36. The maximum absolute atomic E-state index is 14.0. The second-order valence-electron chi connectivity index (χ2n) is 4.42. The molecule has 2 aromatic rings. The first-order valence-electron chi connectivity index (χ1n) is 5.96. The molecule has 0 spiro atoms. The van der Waals surface area contributed by atoms with Crippen molar-refractivity contribution in [1.82, 2.24) is 0 Å². The van der Waals surface area contributed by atoms with Crippen molar-refractivity contribution in [2.45, 2.75) is 13.0 Å². The predicted octanol–water partition coefficient (Wildman–Crippen LogP) is 3.79. The van der Waals surface area contributed by atoms with Crippen molar-refractivity contribution in [1.29, 1.82) is 0 Å². The van der Waals surface area contributed by atoms with Crippen molar-refractivity contribution < 1.29 is 13.9 Å². The summed E-state index contributed by atoms with van der Waals surface area (Å²) < 4.78 is 26.9. The van der Waals surface area contributed by atoms with E-state index < -0.39 is 11.9 Å². The quantitative estimate of drug-likeness (QED) is 0.910. The molecule has 0 radical (unpaired) electrons. The largest absolute Gasteiger partial charge is 0.389 e. The van der Waals surface area contributed by atoms with E-state index in [0.717, 1.165) is 0 Å². The predicted molar refractivity (Wildman–Crippen MR) is 71.5 cm³/mol. The van der Waals surface area contributed by atoms with Gasteiger partial charge in [0.25, 0.3) is 0 Å². The van der Waals surface area contributed by atoms with Crippen LogP contribution in [-0.4, -0.2) is 12.2 Å². The molecule has 100 valence electrons. The lowest BCUT2D eigenvalue weighted by molar-refractivity contribution is 0.199. The summed E-state index contributed by atoms with van der Waals surface area (Å²) in [5.74, 6) is -0.757. The summed E-state index contributed by atoms with van der Waals surface area (Å²) in [6, 6.07) is 10.4. The SMILES string of the molecule is CC(O)c1ccc(N(C)c2ccc(F)cc2)c(F)c1. The van der Waals surface area contributed by atoms with Gasteiger partial charge in [0, 0.05) is 12.7 Å². The van der Waals surface area contributed by atoms with Crippen molar-refractivity contribution in [3.63, 3.8) is 0 Å². The first kappa shape index (κ1) is 13.5. The van der Waals surface area contributed by atoms with Gasteiger partial charge in [-0.25, -0.2) is 8.78 Å². The van der Waals surface area contributed by atoms with Crippen LogP contribution in [0, 0.1) is 11.6 Å². The highest BCUT2D eigenvalue weighted by atomic mass is 19.1. The van der Waals surface area contributed by atoms with Crippen LogP contribution in [0.25, 0.3) is 0 Å². The molecule has 1 N–H and O–H groups in total. The molecule has 0 aliphatic heterocycles. The number of benzene rings is 2. The summed E-state index contributed by atoms with van der Waals surface area (Å²) in [6.45, 7) is 1.58. The normalized spacial score (nSPS) is 12.3. The number of halogens is 2.